The van der Waals surface area contributed by atoms with Gasteiger partial charge in [0.2, 0.25) is 11.1 Å². The molecule has 0 saturated heterocycles. The number of carboxylic acids is 1. The lowest BCUT2D eigenvalue weighted by molar-refractivity contribution is 0.0687. The Morgan fingerprint density at radius 3 is 2.72 bits per heavy atom. The van der Waals surface area contributed by atoms with Crippen LogP contribution in [-0.4, -0.2) is 20.9 Å². The zero-order valence-electron chi connectivity index (χ0n) is 9.42. The minimum absolute atomic E-state index is 0.486. The molecule has 0 radical (unpaired) electrons. The maximum Gasteiger partial charge on any atom is 0.360 e. The third-order valence-corrected chi connectivity index (χ3v) is 2.91. The number of aryl methyl sites for hydroxylation is 1. The van der Waals surface area contributed by atoms with E-state index < -0.39 is 17.1 Å². The van der Waals surface area contributed by atoms with Gasteiger partial charge in [-0.1, -0.05) is 15.9 Å². The van der Waals surface area contributed by atoms with E-state index in [1.807, 2.05) is 19.1 Å². The summed E-state index contributed by atoms with van der Waals surface area (Å²) in [4.78, 5) is 22.2. The van der Waals surface area contributed by atoms with Gasteiger partial charge in [-0.3, -0.25) is 4.79 Å². The first-order chi connectivity index (χ1) is 8.49. The van der Waals surface area contributed by atoms with Crippen LogP contribution < -0.4 is 5.43 Å². The second-order valence-electron chi connectivity index (χ2n) is 3.71. The topological polar surface area (TPSA) is 72.2 Å². The molecule has 0 bridgehead atoms. The highest BCUT2D eigenvalue weighted by atomic mass is 79.9. The lowest BCUT2D eigenvalue weighted by Crippen LogP contribution is -2.20. The van der Waals surface area contributed by atoms with Crippen molar-refractivity contribution in [2.75, 3.05) is 0 Å². The molecule has 0 aliphatic carbocycles. The summed E-state index contributed by atoms with van der Waals surface area (Å²) in [7, 11) is 0. The average molecular weight is 309 g/mol. The normalized spacial score (nSPS) is 10.3. The summed E-state index contributed by atoms with van der Waals surface area (Å²) in [5.74, 6) is -1.33. The molecule has 0 unspecified atom stereocenters. The maximum absolute atomic E-state index is 11.3. The molecule has 1 N–H and O–H groups in total. The maximum atomic E-state index is 11.3. The average Bonchev–Trinajstić information content (AvgIpc) is 2.30. The molecule has 0 aliphatic heterocycles. The highest BCUT2D eigenvalue weighted by molar-refractivity contribution is 9.10. The van der Waals surface area contributed by atoms with E-state index in [2.05, 4.69) is 21.0 Å². The van der Waals surface area contributed by atoms with E-state index >= 15 is 0 Å². The second-order valence-corrected chi connectivity index (χ2v) is 4.62. The summed E-state index contributed by atoms with van der Waals surface area (Å²) in [6.07, 6.45) is 1.45. The van der Waals surface area contributed by atoms with E-state index in [0.717, 1.165) is 15.7 Å². The largest absolute Gasteiger partial charge is 0.476 e. The first-order valence-electron chi connectivity index (χ1n) is 5.09. The van der Waals surface area contributed by atoms with Crippen LogP contribution in [0.4, 0.5) is 0 Å². The molecule has 1 aromatic carbocycles. The van der Waals surface area contributed by atoms with Crippen molar-refractivity contribution in [3.8, 4) is 5.69 Å². The van der Waals surface area contributed by atoms with Crippen LogP contribution in [0.2, 0.25) is 0 Å². The lowest BCUT2D eigenvalue weighted by atomic mass is 10.2. The molecule has 0 spiro atoms. The fourth-order valence-electron chi connectivity index (χ4n) is 1.57. The van der Waals surface area contributed by atoms with Gasteiger partial charge in [0.05, 0.1) is 5.69 Å². The molecular formula is C12H9BrN2O3. The predicted molar refractivity (Wildman–Crippen MR) is 69.2 cm³/mol. The first kappa shape index (κ1) is 12.5. The van der Waals surface area contributed by atoms with Crippen LogP contribution in [0.25, 0.3) is 5.69 Å². The number of hydrogen-bond acceptors (Lipinski definition) is 3. The summed E-state index contributed by atoms with van der Waals surface area (Å²) >= 11 is 3.34. The van der Waals surface area contributed by atoms with Crippen molar-refractivity contribution in [2.45, 2.75) is 6.92 Å². The van der Waals surface area contributed by atoms with Crippen LogP contribution in [0, 0.1) is 6.92 Å². The van der Waals surface area contributed by atoms with E-state index in [1.54, 1.807) is 6.07 Å². The van der Waals surface area contributed by atoms with Crippen molar-refractivity contribution in [3.05, 3.63) is 56.4 Å². The molecule has 0 atom stereocenters. The van der Waals surface area contributed by atoms with Crippen molar-refractivity contribution in [1.82, 2.24) is 9.78 Å². The van der Waals surface area contributed by atoms with Gasteiger partial charge in [-0.2, -0.15) is 5.10 Å². The molecule has 0 fully saturated rings. The highest BCUT2D eigenvalue weighted by Crippen LogP contribution is 2.18. The molecule has 92 valence electrons. The van der Waals surface area contributed by atoms with Gasteiger partial charge in [0.1, 0.15) is 0 Å². The van der Waals surface area contributed by atoms with Crippen LogP contribution in [0.3, 0.4) is 0 Å². The lowest BCUT2D eigenvalue weighted by Gasteiger charge is -2.09. The van der Waals surface area contributed by atoms with E-state index in [9.17, 15) is 9.59 Å². The zero-order chi connectivity index (χ0) is 13.3. The Hall–Kier alpha value is -1.95. The molecule has 2 aromatic rings. The van der Waals surface area contributed by atoms with Gasteiger partial charge in [-0.05, 0) is 30.7 Å². The number of nitrogens with zero attached hydrogens (tertiary/aromatic N) is 2. The van der Waals surface area contributed by atoms with Crippen LogP contribution in [0.15, 0.2) is 39.7 Å². The van der Waals surface area contributed by atoms with Crippen LogP contribution in [0.1, 0.15) is 16.1 Å². The number of benzene rings is 1. The Morgan fingerprint density at radius 1 is 1.39 bits per heavy atom. The summed E-state index contributed by atoms with van der Waals surface area (Å²) in [6, 6.07) is 6.69. The van der Waals surface area contributed by atoms with Gasteiger partial charge >= 0.3 is 5.97 Å². The zero-order valence-corrected chi connectivity index (χ0v) is 11.0. The summed E-state index contributed by atoms with van der Waals surface area (Å²) in [5, 5.41) is 12.7. The number of aromatic carboxylic acids is 1. The van der Waals surface area contributed by atoms with Crippen LogP contribution in [0.5, 0.6) is 0 Å². The molecule has 0 saturated carbocycles. The molecule has 1 aromatic heterocycles. The smallest absolute Gasteiger partial charge is 0.360 e. The summed E-state index contributed by atoms with van der Waals surface area (Å²) < 4.78 is 2.30. The Balaban J connectivity index is 2.61. The van der Waals surface area contributed by atoms with Gasteiger partial charge < -0.3 is 5.11 Å². The minimum Gasteiger partial charge on any atom is -0.476 e. The molecule has 1 heterocycles. The molecule has 5 nitrogen and oxygen atoms in total. The van der Waals surface area contributed by atoms with Gasteiger partial charge in [0, 0.05) is 16.7 Å². The molecule has 6 heteroatoms. The molecule has 0 aliphatic rings. The van der Waals surface area contributed by atoms with Crippen LogP contribution in [-0.2, 0) is 0 Å². The van der Waals surface area contributed by atoms with E-state index in [4.69, 9.17) is 5.11 Å². The Labute approximate surface area is 111 Å². The van der Waals surface area contributed by atoms with Gasteiger partial charge in [0.25, 0.3) is 0 Å². The van der Waals surface area contributed by atoms with Crippen molar-refractivity contribution in [1.29, 1.82) is 0 Å². The molecular weight excluding hydrogens is 300 g/mol. The Bertz CT molecular complexity index is 679. The SMILES string of the molecule is Cc1cc(Br)ccc1-n1ccc(=O)c(C(=O)O)n1. The van der Waals surface area contributed by atoms with Gasteiger partial charge in [-0.15, -0.1) is 0 Å². The quantitative estimate of drug-likeness (QED) is 0.921. The molecule has 18 heavy (non-hydrogen) atoms. The number of aromatic nitrogens is 2. The number of hydrogen-bond donors (Lipinski definition) is 1. The predicted octanol–water partition coefficient (Wildman–Crippen LogP) is 2.00. The second kappa shape index (κ2) is 4.73. The number of carbonyl (C=O) groups is 1. The number of carboxylic acid groups (broad SMARTS) is 1. The van der Waals surface area contributed by atoms with Crippen molar-refractivity contribution in [2.24, 2.45) is 0 Å². The Morgan fingerprint density at radius 2 is 2.11 bits per heavy atom. The van der Waals surface area contributed by atoms with E-state index in [1.165, 1.54) is 16.9 Å². The van der Waals surface area contributed by atoms with E-state index in [-0.39, 0.29) is 0 Å². The third kappa shape index (κ3) is 2.33. The fraction of sp³-hybridized carbons (Fsp3) is 0.0833. The molecule has 2 rings (SSSR count). The monoisotopic (exact) mass is 308 g/mol. The summed E-state index contributed by atoms with van der Waals surface area (Å²) in [5.41, 5.74) is 0.547. The third-order valence-electron chi connectivity index (χ3n) is 2.42. The summed E-state index contributed by atoms with van der Waals surface area (Å²) in [6.45, 7) is 1.88. The van der Waals surface area contributed by atoms with Crippen molar-refractivity contribution < 1.29 is 9.90 Å². The number of halogens is 1. The standard InChI is InChI=1S/C12H9BrN2O3/c1-7-6-8(13)2-3-9(7)15-5-4-10(16)11(14-15)12(17)18/h2-6H,1H3,(H,17,18). The van der Waals surface area contributed by atoms with Crippen molar-refractivity contribution in [3.63, 3.8) is 0 Å². The molecule has 0 amide bonds. The highest BCUT2D eigenvalue weighted by Gasteiger charge is 2.12. The fourth-order valence-corrected chi connectivity index (χ4v) is 2.04. The van der Waals surface area contributed by atoms with Gasteiger partial charge in [-0.25, -0.2) is 9.48 Å². The van der Waals surface area contributed by atoms with Crippen molar-refractivity contribution >= 4 is 21.9 Å². The minimum atomic E-state index is -1.33. The Kier molecular flexibility index (Phi) is 3.29. The van der Waals surface area contributed by atoms with Crippen LogP contribution >= 0.6 is 15.9 Å². The van der Waals surface area contributed by atoms with E-state index in [0.29, 0.717) is 0 Å². The first-order valence-corrected chi connectivity index (χ1v) is 5.88. The number of rotatable bonds is 2. The van der Waals surface area contributed by atoms with Gasteiger partial charge in [0.15, 0.2) is 0 Å².